The molecule has 15 heavy (non-hydrogen) atoms. The maximum Gasteiger partial charge on any atom is 0.229 e. The van der Waals surface area contributed by atoms with Crippen molar-refractivity contribution in [3.8, 4) is 0 Å². The predicted molar refractivity (Wildman–Crippen MR) is 68.6 cm³/mol. The molecule has 1 fully saturated rings. The van der Waals surface area contributed by atoms with E-state index in [1.54, 1.807) is 11.0 Å². The van der Waals surface area contributed by atoms with Crippen LogP contribution in [0.2, 0.25) is 5.15 Å². The Hall–Kier alpha value is -0.0700. The van der Waals surface area contributed by atoms with Crippen LogP contribution in [-0.4, -0.2) is 22.8 Å². The Balaban J connectivity index is 2.30. The van der Waals surface area contributed by atoms with Crippen LogP contribution in [-0.2, 0) is 4.79 Å². The van der Waals surface area contributed by atoms with Crippen molar-refractivity contribution >= 4 is 57.5 Å². The predicted octanol–water partition coefficient (Wildman–Crippen LogP) is 2.68. The van der Waals surface area contributed by atoms with Gasteiger partial charge < -0.3 is 0 Å². The molecule has 1 atom stereocenters. The fraction of sp³-hybridized carbons (Fsp3) is 0.333. The summed E-state index contributed by atoms with van der Waals surface area (Å²) in [5, 5.41) is 0.288. The molecule has 1 amide bonds. The van der Waals surface area contributed by atoms with Gasteiger partial charge in [0.1, 0.15) is 11.0 Å². The van der Waals surface area contributed by atoms with Crippen molar-refractivity contribution in [3.63, 3.8) is 0 Å². The summed E-state index contributed by atoms with van der Waals surface area (Å²) in [6.45, 7) is 0.504. The van der Waals surface area contributed by atoms with Crippen LogP contribution in [0.3, 0.4) is 0 Å². The summed E-state index contributed by atoms with van der Waals surface area (Å²) in [5.41, 5.74) is 0. The zero-order valence-corrected chi connectivity index (χ0v) is 11.3. The van der Waals surface area contributed by atoms with Crippen LogP contribution in [0.25, 0.3) is 0 Å². The molecule has 0 aromatic carbocycles. The van der Waals surface area contributed by atoms with Crippen LogP contribution in [0.5, 0.6) is 0 Å². The van der Waals surface area contributed by atoms with Crippen LogP contribution in [0, 0.1) is 3.57 Å². The third kappa shape index (κ3) is 2.37. The van der Waals surface area contributed by atoms with E-state index in [-0.39, 0.29) is 11.3 Å². The second-order valence-corrected chi connectivity index (χ2v) is 5.39. The van der Waals surface area contributed by atoms with Crippen molar-refractivity contribution in [1.82, 2.24) is 4.98 Å². The number of carbonyl (C=O) groups is 1. The maximum atomic E-state index is 11.5. The number of hydrogen-bond acceptors (Lipinski definition) is 2. The highest BCUT2D eigenvalue weighted by molar-refractivity contribution is 14.1. The molecule has 1 aliphatic heterocycles. The van der Waals surface area contributed by atoms with E-state index in [1.807, 2.05) is 6.07 Å². The zero-order valence-electron chi connectivity index (χ0n) is 7.58. The van der Waals surface area contributed by atoms with E-state index in [0.717, 1.165) is 3.57 Å². The van der Waals surface area contributed by atoms with E-state index in [0.29, 0.717) is 23.9 Å². The normalized spacial score (nSPS) is 21.1. The first-order valence-corrected chi connectivity index (χ1v) is 6.23. The Morgan fingerprint density at radius 3 is 2.80 bits per heavy atom. The molecule has 6 heteroatoms. The molecular formula is C9H7Cl2IN2O. The third-order valence-electron chi connectivity index (χ3n) is 2.14. The SMILES string of the molecule is O=C1CC(Cl)CN1c1ccc(I)c(Cl)n1. The summed E-state index contributed by atoms with van der Waals surface area (Å²) < 4.78 is 0.868. The largest absolute Gasteiger partial charge is 0.295 e. The third-order valence-corrected chi connectivity index (χ3v) is 3.91. The molecule has 2 rings (SSSR count). The lowest BCUT2D eigenvalue weighted by molar-refractivity contribution is -0.117. The summed E-state index contributed by atoms with van der Waals surface area (Å²) in [6, 6.07) is 3.61. The van der Waals surface area contributed by atoms with Crippen molar-refractivity contribution in [2.24, 2.45) is 0 Å². The summed E-state index contributed by atoms with van der Waals surface area (Å²) in [5.74, 6) is 0.577. The summed E-state index contributed by atoms with van der Waals surface area (Å²) in [7, 11) is 0. The van der Waals surface area contributed by atoms with Gasteiger partial charge in [-0.2, -0.15) is 0 Å². The topological polar surface area (TPSA) is 33.2 Å². The minimum absolute atomic E-state index is 0.000208. The van der Waals surface area contributed by atoms with E-state index in [4.69, 9.17) is 23.2 Å². The molecule has 1 unspecified atom stereocenters. The smallest absolute Gasteiger partial charge is 0.229 e. The Labute approximate surface area is 111 Å². The van der Waals surface area contributed by atoms with Gasteiger partial charge in [0.2, 0.25) is 5.91 Å². The highest BCUT2D eigenvalue weighted by Crippen LogP contribution is 2.25. The van der Waals surface area contributed by atoms with Crippen molar-refractivity contribution in [2.75, 3.05) is 11.4 Å². The summed E-state index contributed by atoms with van der Waals surface area (Å²) in [4.78, 5) is 17.3. The highest BCUT2D eigenvalue weighted by atomic mass is 127. The Bertz CT molecular complexity index is 413. The fourth-order valence-electron chi connectivity index (χ4n) is 1.44. The molecule has 1 saturated heterocycles. The molecule has 0 N–H and O–H groups in total. The second-order valence-electron chi connectivity index (χ2n) is 3.25. The molecule has 80 valence electrons. The number of alkyl halides is 1. The number of nitrogens with zero attached hydrogens (tertiary/aromatic N) is 2. The van der Waals surface area contributed by atoms with Crippen molar-refractivity contribution in [1.29, 1.82) is 0 Å². The van der Waals surface area contributed by atoms with Gasteiger partial charge >= 0.3 is 0 Å². The number of amides is 1. The zero-order chi connectivity index (χ0) is 11.0. The van der Waals surface area contributed by atoms with Gasteiger partial charge in [-0.05, 0) is 34.7 Å². The van der Waals surface area contributed by atoms with E-state index in [1.165, 1.54) is 0 Å². The van der Waals surface area contributed by atoms with Crippen LogP contribution in [0.15, 0.2) is 12.1 Å². The number of anilines is 1. The molecule has 0 radical (unpaired) electrons. The molecule has 2 heterocycles. The molecular weight excluding hydrogens is 350 g/mol. The first-order chi connectivity index (χ1) is 7.08. The highest BCUT2D eigenvalue weighted by Gasteiger charge is 2.30. The van der Waals surface area contributed by atoms with E-state index < -0.39 is 0 Å². The van der Waals surface area contributed by atoms with Gasteiger partial charge in [0.15, 0.2) is 0 Å². The van der Waals surface area contributed by atoms with Gasteiger partial charge in [-0.15, -0.1) is 11.6 Å². The molecule has 0 spiro atoms. The van der Waals surface area contributed by atoms with E-state index in [2.05, 4.69) is 27.6 Å². The molecule has 1 aliphatic rings. The Kier molecular flexibility index (Phi) is 3.37. The minimum atomic E-state index is -0.127. The number of pyridine rings is 1. The van der Waals surface area contributed by atoms with Crippen LogP contribution in [0.4, 0.5) is 5.82 Å². The number of aromatic nitrogens is 1. The van der Waals surface area contributed by atoms with Gasteiger partial charge in [-0.1, -0.05) is 11.6 Å². The Morgan fingerprint density at radius 2 is 2.27 bits per heavy atom. The molecule has 0 saturated carbocycles. The van der Waals surface area contributed by atoms with Gasteiger partial charge in [-0.25, -0.2) is 4.98 Å². The van der Waals surface area contributed by atoms with Crippen LogP contribution in [0.1, 0.15) is 6.42 Å². The van der Waals surface area contributed by atoms with E-state index >= 15 is 0 Å². The van der Waals surface area contributed by atoms with Gasteiger partial charge in [-0.3, -0.25) is 9.69 Å². The lowest BCUT2D eigenvalue weighted by Gasteiger charge is -2.14. The number of carbonyl (C=O) groups excluding carboxylic acids is 1. The van der Waals surface area contributed by atoms with E-state index in [9.17, 15) is 4.79 Å². The monoisotopic (exact) mass is 356 g/mol. The van der Waals surface area contributed by atoms with Gasteiger partial charge in [0, 0.05) is 13.0 Å². The average Bonchev–Trinajstić information content (AvgIpc) is 2.50. The first kappa shape index (κ1) is 11.4. The number of halogens is 3. The minimum Gasteiger partial charge on any atom is -0.295 e. The van der Waals surface area contributed by atoms with Crippen LogP contribution < -0.4 is 4.90 Å². The molecule has 0 aliphatic carbocycles. The summed E-state index contributed by atoms with van der Waals surface area (Å²) >= 11 is 13.9. The van der Waals surface area contributed by atoms with Gasteiger partial charge in [0.25, 0.3) is 0 Å². The molecule has 1 aromatic rings. The molecule has 0 bridgehead atoms. The lowest BCUT2D eigenvalue weighted by atomic mass is 10.4. The standard InChI is InChI=1S/C9H7Cl2IN2O/c10-5-3-8(15)14(4-5)7-2-1-6(12)9(11)13-7/h1-2,5H,3-4H2. The molecule has 1 aromatic heterocycles. The van der Waals surface area contributed by atoms with Crippen LogP contribution >= 0.6 is 45.8 Å². The first-order valence-electron chi connectivity index (χ1n) is 4.34. The number of rotatable bonds is 1. The fourth-order valence-corrected chi connectivity index (χ4v) is 2.16. The average molecular weight is 357 g/mol. The Morgan fingerprint density at radius 1 is 1.53 bits per heavy atom. The second kappa shape index (κ2) is 4.43. The van der Waals surface area contributed by atoms with Crippen molar-refractivity contribution in [3.05, 3.63) is 20.9 Å². The summed E-state index contributed by atoms with van der Waals surface area (Å²) in [6.07, 6.45) is 0.368. The van der Waals surface area contributed by atoms with Crippen molar-refractivity contribution < 1.29 is 4.79 Å². The van der Waals surface area contributed by atoms with Gasteiger partial charge in [0.05, 0.1) is 8.95 Å². The number of hydrogen-bond donors (Lipinski definition) is 0. The maximum absolute atomic E-state index is 11.5. The van der Waals surface area contributed by atoms with Crippen molar-refractivity contribution in [2.45, 2.75) is 11.8 Å². The lowest BCUT2D eigenvalue weighted by Crippen LogP contribution is -2.25. The quantitative estimate of drug-likeness (QED) is 0.440. The molecule has 3 nitrogen and oxygen atoms in total.